The first-order valence-electron chi connectivity index (χ1n) is 9.30. The van der Waals surface area contributed by atoms with Crippen LogP contribution in [0.1, 0.15) is 59.9 Å². The molecule has 1 aromatic rings. The fraction of sp³-hybridized carbons (Fsp3) is 0.714. The van der Waals surface area contributed by atoms with Crippen LogP contribution in [0.15, 0.2) is 24.3 Å². The summed E-state index contributed by atoms with van der Waals surface area (Å²) in [6.45, 7) is 13.8. The van der Waals surface area contributed by atoms with Gasteiger partial charge in [0.2, 0.25) is 0 Å². The number of hydrogen-bond donors (Lipinski definition) is 0. The topological polar surface area (TPSA) is 21.7 Å². The molecule has 1 saturated heterocycles. The van der Waals surface area contributed by atoms with Crippen LogP contribution in [0.25, 0.3) is 0 Å². The second-order valence-corrected chi connectivity index (χ2v) is 8.92. The molecule has 2 aliphatic rings. The van der Waals surface area contributed by atoms with E-state index in [9.17, 15) is 0 Å². The van der Waals surface area contributed by atoms with Crippen molar-refractivity contribution in [3.63, 3.8) is 0 Å². The molecule has 1 aliphatic carbocycles. The molecule has 0 aromatic heterocycles. The lowest BCUT2D eigenvalue weighted by molar-refractivity contribution is -0.215. The van der Waals surface area contributed by atoms with Gasteiger partial charge in [0.05, 0.1) is 12.7 Å². The smallest absolute Gasteiger partial charge is 0.118 e. The van der Waals surface area contributed by atoms with Crippen LogP contribution in [0.3, 0.4) is 0 Å². The van der Waals surface area contributed by atoms with Crippen LogP contribution in [0.5, 0.6) is 5.75 Å². The third kappa shape index (κ3) is 2.86. The number of benzene rings is 1. The predicted molar refractivity (Wildman–Crippen MR) is 98.2 cm³/mol. The molecule has 1 aromatic carbocycles. The molecule has 0 N–H and O–H groups in total. The lowest BCUT2D eigenvalue weighted by atomic mass is 9.59. The van der Waals surface area contributed by atoms with Crippen molar-refractivity contribution in [2.75, 3.05) is 7.11 Å². The summed E-state index contributed by atoms with van der Waals surface area (Å²) in [5.74, 6) is 2.09. The summed E-state index contributed by atoms with van der Waals surface area (Å²) in [7, 11) is 1.73. The molecule has 134 valence electrons. The minimum atomic E-state index is -0.0999. The molecular weight excluding hydrogens is 298 g/mol. The molecule has 0 bridgehead atoms. The minimum Gasteiger partial charge on any atom is -0.497 e. The van der Waals surface area contributed by atoms with Crippen LogP contribution in [0.2, 0.25) is 0 Å². The second-order valence-electron chi connectivity index (χ2n) is 8.92. The Hall–Kier alpha value is -1.06. The van der Waals surface area contributed by atoms with Crippen molar-refractivity contribution >= 4 is 0 Å². The van der Waals surface area contributed by atoms with Crippen molar-refractivity contribution in [3.8, 4) is 5.75 Å². The van der Waals surface area contributed by atoms with Gasteiger partial charge in [-0.25, -0.2) is 0 Å². The van der Waals surface area contributed by atoms with E-state index in [4.69, 9.17) is 9.57 Å². The number of hydroxylamine groups is 2. The van der Waals surface area contributed by atoms with Crippen LogP contribution in [-0.2, 0) is 10.3 Å². The van der Waals surface area contributed by atoms with Gasteiger partial charge in [0.1, 0.15) is 5.75 Å². The zero-order valence-electron chi connectivity index (χ0n) is 16.3. The number of nitrogens with zero attached hydrogens (tertiary/aromatic N) is 1. The Labute approximate surface area is 147 Å². The van der Waals surface area contributed by atoms with E-state index in [1.165, 1.54) is 18.4 Å². The van der Waals surface area contributed by atoms with E-state index in [1.54, 1.807) is 7.11 Å². The van der Waals surface area contributed by atoms with Gasteiger partial charge >= 0.3 is 0 Å². The molecule has 1 saturated carbocycles. The maximum absolute atomic E-state index is 6.41. The van der Waals surface area contributed by atoms with Gasteiger partial charge in [0.15, 0.2) is 0 Å². The van der Waals surface area contributed by atoms with Gasteiger partial charge in [-0.15, -0.1) is 0 Å². The average molecular weight is 332 g/mol. The van der Waals surface area contributed by atoms with Gasteiger partial charge in [-0.05, 0) is 69.6 Å². The average Bonchev–Trinajstić information content (AvgIpc) is 2.79. The number of hydrogen-bond acceptors (Lipinski definition) is 3. The lowest BCUT2D eigenvalue weighted by Crippen LogP contribution is -2.50. The van der Waals surface area contributed by atoms with Gasteiger partial charge in [0, 0.05) is 18.0 Å². The Kier molecular flexibility index (Phi) is 4.46. The predicted octanol–water partition coefficient (Wildman–Crippen LogP) is 4.80. The first-order valence-corrected chi connectivity index (χ1v) is 9.30. The molecule has 3 rings (SSSR count). The van der Waals surface area contributed by atoms with E-state index in [1.807, 2.05) is 0 Å². The van der Waals surface area contributed by atoms with Crippen molar-refractivity contribution in [1.29, 1.82) is 0 Å². The highest BCUT2D eigenvalue weighted by Crippen LogP contribution is 2.54. The summed E-state index contributed by atoms with van der Waals surface area (Å²) in [5.41, 5.74) is 1.52. The summed E-state index contributed by atoms with van der Waals surface area (Å²) in [6, 6.07) is 9.62. The summed E-state index contributed by atoms with van der Waals surface area (Å²) in [4.78, 5) is 6.41. The largest absolute Gasteiger partial charge is 0.497 e. The lowest BCUT2D eigenvalue weighted by Gasteiger charge is -2.47. The first-order chi connectivity index (χ1) is 11.2. The monoisotopic (exact) mass is 331 g/mol. The maximum Gasteiger partial charge on any atom is 0.118 e. The third-order valence-corrected chi connectivity index (χ3v) is 6.26. The minimum absolute atomic E-state index is 0.0999. The molecule has 0 spiro atoms. The van der Waals surface area contributed by atoms with E-state index in [0.29, 0.717) is 23.9 Å². The Morgan fingerprint density at radius 3 is 2.29 bits per heavy atom. The zero-order valence-corrected chi connectivity index (χ0v) is 16.3. The van der Waals surface area contributed by atoms with E-state index in [-0.39, 0.29) is 11.0 Å². The van der Waals surface area contributed by atoms with Crippen LogP contribution in [0, 0.1) is 11.8 Å². The standard InChI is InChI=1S/C21H33NO2/c1-14(2)22-19-15(3)12-21(6,13-18(19)20(4,5)24-22)16-8-10-17(23-7)11-9-16/h8-11,14-15,18-19H,12-13H2,1-7H3. The fourth-order valence-electron chi connectivity index (χ4n) is 5.08. The van der Waals surface area contributed by atoms with Crippen molar-refractivity contribution < 1.29 is 9.57 Å². The normalized spacial score (nSPS) is 35.9. The molecule has 1 heterocycles. The molecule has 0 amide bonds. The molecule has 2 fully saturated rings. The number of methoxy groups -OCH3 is 1. The van der Waals surface area contributed by atoms with Crippen LogP contribution in [-0.4, -0.2) is 29.9 Å². The Morgan fingerprint density at radius 1 is 1.12 bits per heavy atom. The van der Waals surface area contributed by atoms with Crippen molar-refractivity contribution in [2.24, 2.45) is 11.8 Å². The third-order valence-electron chi connectivity index (χ3n) is 6.26. The Balaban J connectivity index is 1.92. The molecular formula is C21H33NO2. The quantitative estimate of drug-likeness (QED) is 0.794. The van der Waals surface area contributed by atoms with E-state index >= 15 is 0 Å². The van der Waals surface area contributed by atoms with Gasteiger partial charge < -0.3 is 4.74 Å². The second kappa shape index (κ2) is 6.03. The zero-order chi connectivity index (χ0) is 17.7. The maximum atomic E-state index is 6.41. The van der Waals surface area contributed by atoms with Crippen molar-refractivity contribution in [1.82, 2.24) is 5.06 Å². The van der Waals surface area contributed by atoms with E-state index < -0.39 is 0 Å². The molecule has 1 aliphatic heterocycles. The number of fused-ring (bicyclic) bond motifs is 1. The summed E-state index contributed by atoms with van der Waals surface area (Å²) < 4.78 is 5.33. The van der Waals surface area contributed by atoms with Crippen molar-refractivity contribution in [2.45, 2.75) is 77.5 Å². The van der Waals surface area contributed by atoms with E-state index in [2.05, 4.69) is 70.9 Å². The molecule has 3 nitrogen and oxygen atoms in total. The van der Waals surface area contributed by atoms with Gasteiger partial charge in [0.25, 0.3) is 0 Å². The van der Waals surface area contributed by atoms with E-state index in [0.717, 1.165) is 5.75 Å². The Morgan fingerprint density at radius 2 is 1.75 bits per heavy atom. The fourth-order valence-corrected chi connectivity index (χ4v) is 5.08. The van der Waals surface area contributed by atoms with Gasteiger partial charge in [-0.3, -0.25) is 4.84 Å². The first kappa shape index (κ1) is 17.8. The van der Waals surface area contributed by atoms with Gasteiger partial charge in [-0.1, -0.05) is 26.0 Å². The highest BCUT2D eigenvalue weighted by Gasteiger charge is 2.56. The molecule has 4 atom stereocenters. The van der Waals surface area contributed by atoms with Gasteiger partial charge in [-0.2, -0.15) is 5.06 Å². The SMILES string of the molecule is COc1ccc(C2(C)CC(C)C3C(C2)C(C)(C)ON3C(C)C)cc1. The molecule has 4 unspecified atom stereocenters. The highest BCUT2D eigenvalue weighted by atomic mass is 16.7. The molecule has 0 radical (unpaired) electrons. The molecule has 3 heteroatoms. The number of ether oxygens (including phenoxy) is 1. The Bertz CT molecular complexity index is 580. The van der Waals surface area contributed by atoms with Crippen LogP contribution < -0.4 is 4.74 Å². The summed E-state index contributed by atoms with van der Waals surface area (Å²) >= 11 is 0. The van der Waals surface area contributed by atoms with Crippen molar-refractivity contribution in [3.05, 3.63) is 29.8 Å². The van der Waals surface area contributed by atoms with Crippen LogP contribution >= 0.6 is 0 Å². The highest BCUT2D eigenvalue weighted by molar-refractivity contribution is 5.33. The summed E-state index contributed by atoms with van der Waals surface area (Å²) in [6.07, 6.45) is 2.37. The summed E-state index contributed by atoms with van der Waals surface area (Å²) in [5, 5.41) is 2.28. The molecule has 24 heavy (non-hydrogen) atoms. The number of rotatable bonds is 3. The van der Waals surface area contributed by atoms with Crippen LogP contribution in [0.4, 0.5) is 0 Å².